The van der Waals surface area contributed by atoms with E-state index in [-0.39, 0.29) is 12.8 Å². The van der Waals surface area contributed by atoms with Gasteiger partial charge in [-0.15, -0.1) is 0 Å². The number of carboxylic acid groups (broad SMARTS) is 1. The van der Waals surface area contributed by atoms with Crippen molar-refractivity contribution in [1.29, 1.82) is 0 Å². The van der Waals surface area contributed by atoms with E-state index in [2.05, 4.69) is 0 Å². The number of carbonyl (C=O) groups is 4. The summed E-state index contributed by atoms with van der Waals surface area (Å²) in [5.74, 6) is -4.08. The van der Waals surface area contributed by atoms with E-state index >= 15 is 0 Å². The van der Waals surface area contributed by atoms with Gasteiger partial charge >= 0.3 is 5.97 Å². The van der Waals surface area contributed by atoms with Gasteiger partial charge in [-0.1, -0.05) is 0 Å². The molecule has 0 atom stereocenters. The van der Waals surface area contributed by atoms with Gasteiger partial charge in [0.05, 0.1) is 5.41 Å². The van der Waals surface area contributed by atoms with Gasteiger partial charge in [0.2, 0.25) is 0 Å². The van der Waals surface area contributed by atoms with Gasteiger partial charge in [0.15, 0.2) is 11.6 Å². The largest absolute Gasteiger partial charge is 0.481 e. The normalized spacial score (nSPS) is 31.5. The summed E-state index contributed by atoms with van der Waals surface area (Å²) in [6.45, 7) is 2.52. The zero-order valence-corrected chi connectivity index (χ0v) is 8.57. The van der Waals surface area contributed by atoms with Gasteiger partial charge in [0, 0.05) is 12.8 Å². The van der Waals surface area contributed by atoms with E-state index in [0.717, 1.165) is 0 Å². The molecule has 0 aromatic rings. The van der Waals surface area contributed by atoms with E-state index in [1.807, 2.05) is 0 Å². The predicted octanol–water partition coefficient (Wildman–Crippen LogP) is 0.214. The van der Waals surface area contributed by atoms with E-state index in [4.69, 9.17) is 5.11 Å². The Morgan fingerprint density at radius 1 is 1.27 bits per heavy atom. The van der Waals surface area contributed by atoms with E-state index in [1.165, 1.54) is 13.8 Å². The molecule has 82 valence electrons. The Hall–Kier alpha value is -1.52. The summed E-state index contributed by atoms with van der Waals surface area (Å²) in [5.41, 5.74) is -1.35. The molecule has 5 nitrogen and oxygen atoms in total. The summed E-state index contributed by atoms with van der Waals surface area (Å²) in [4.78, 5) is 44.8. The lowest BCUT2D eigenvalue weighted by Crippen LogP contribution is -2.45. The van der Waals surface area contributed by atoms with E-state index in [9.17, 15) is 19.2 Å². The molecule has 0 aromatic heterocycles. The molecule has 0 radical (unpaired) electrons. The quantitative estimate of drug-likeness (QED) is 0.661. The summed E-state index contributed by atoms with van der Waals surface area (Å²) in [7, 11) is 0. The molecule has 5 heteroatoms. The molecule has 0 heterocycles. The van der Waals surface area contributed by atoms with Crippen LogP contribution >= 0.6 is 0 Å². The highest BCUT2D eigenvalue weighted by molar-refractivity contribution is 6.21. The van der Waals surface area contributed by atoms with Crippen LogP contribution in [0.5, 0.6) is 0 Å². The molecule has 1 saturated carbocycles. The monoisotopic (exact) mass is 212 g/mol. The first kappa shape index (κ1) is 11.6. The van der Waals surface area contributed by atoms with Gasteiger partial charge in [-0.05, 0) is 13.8 Å². The Balaban J connectivity index is 2.99. The summed E-state index contributed by atoms with van der Waals surface area (Å²) in [6, 6.07) is 0. The molecule has 1 aliphatic carbocycles. The molecule has 1 aliphatic rings. The third-order valence-corrected chi connectivity index (χ3v) is 2.70. The molecule has 1 N–H and O–H groups in total. The summed E-state index contributed by atoms with van der Waals surface area (Å²) < 4.78 is 0. The fraction of sp³-hybridized carbons (Fsp3) is 0.600. The molecule has 0 unspecified atom stereocenters. The maximum Gasteiger partial charge on any atom is 0.310 e. The Morgan fingerprint density at radius 3 is 1.93 bits per heavy atom. The first-order valence-corrected chi connectivity index (χ1v) is 4.57. The van der Waals surface area contributed by atoms with Gasteiger partial charge in [0.1, 0.15) is 11.7 Å². The van der Waals surface area contributed by atoms with Crippen molar-refractivity contribution in [3.63, 3.8) is 0 Å². The second kappa shape index (κ2) is 3.56. The number of hydrogen-bond acceptors (Lipinski definition) is 4. The molecule has 0 aromatic carbocycles. The first-order valence-electron chi connectivity index (χ1n) is 4.57. The molecule has 0 saturated heterocycles. The SMILES string of the molecule is CC(=O)C1C(=O)CC(C)(C(=O)O)CC1=O. The maximum absolute atomic E-state index is 11.5. The lowest BCUT2D eigenvalue weighted by molar-refractivity contribution is -0.159. The fourth-order valence-electron chi connectivity index (χ4n) is 1.82. The number of aliphatic carboxylic acids is 1. The molecule has 1 rings (SSSR count). The highest BCUT2D eigenvalue weighted by Crippen LogP contribution is 2.35. The number of rotatable bonds is 2. The minimum Gasteiger partial charge on any atom is -0.481 e. The lowest BCUT2D eigenvalue weighted by Gasteiger charge is -2.30. The average molecular weight is 212 g/mol. The number of Topliss-reactive ketones (excluding diaryl/α,β-unsaturated/α-hetero) is 3. The molecule has 0 bridgehead atoms. The number of carboxylic acids is 1. The second-order valence-electron chi connectivity index (χ2n) is 4.20. The van der Waals surface area contributed by atoms with Crippen molar-refractivity contribution in [2.45, 2.75) is 26.7 Å². The van der Waals surface area contributed by atoms with Crippen LogP contribution in [-0.2, 0) is 19.2 Å². The summed E-state index contributed by atoms with van der Waals surface area (Å²) in [5, 5.41) is 8.87. The molecule has 1 fully saturated rings. The highest BCUT2D eigenvalue weighted by atomic mass is 16.4. The fourth-order valence-corrected chi connectivity index (χ4v) is 1.82. The molecule has 0 aliphatic heterocycles. The van der Waals surface area contributed by atoms with Crippen molar-refractivity contribution in [2.75, 3.05) is 0 Å². The van der Waals surface area contributed by atoms with Crippen LogP contribution in [0.15, 0.2) is 0 Å². The lowest BCUT2D eigenvalue weighted by atomic mass is 9.69. The molecule has 15 heavy (non-hydrogen) atoms. The van der Waals surface area contributed by atoms with Crippen molar-refractivity contribution in [3.8, 4) is 0 Å². The minimum absolute atomic E-state index is 0.252. The van der Waals surface area contributed by atoms with Crippen LogP contribution in [0, 0.1) is 11.3 Å². The van der Waals surface area contributed by atoms with E-state index in [0.29, 0.717) is 0 Å². The Bertz CT molecular complexity index is 337. The maximum atomic E-state index is 11.5. The topological polar surface area (TPSA) is 88.5 Å². The van der Waals surface area contributed by atoms with Gasteiger partial charge < -0.3 is 5.11 Å². The first-order chi connectivity index (χ1) is 6.78. The van der Waals surface area contributed by atoms with Crippen LogP contribution in [-0.4, -0.2) is 28.4 Å². The Morgan fingerprint density at radius 2 is 1.67 bits per heavy atom. The van der Waals surface area contributed by atoms with E-state index in [1.54, 1.807) is 0 Å². The standard InChI is InChI=1S/C10H12O5/c1-5(11)8-6(12)3-10(2,9(14)15)4-7(8)13/h8H,3-4H2,1-2H3,(H,14,15). The zero-order valence-electron chi connectivity index (χ0n) is 8.57. The van der Waals surface area contributed by atoms with Gasteiger partial charge in [-0.2, -0.15) is 0 Å². The zero-order chi connectivity index (χ0) is 11.8. The van der Waals surface area contributed by atoms with Crippen LogP contribution in [0.4, 0.5) is 0 Å². The summed E-state index contributed by atoms with van der Waals surface area (Å²) in [6.07, 6.45) is -0.503. The smallest absolute Gasteiger partial charge is 0.310 e. The van der Waals surface area contributed by atoms with Crippen molar-refractivity contribution in [1.82, 2.24) is 0 Å². The van der Waals surface area contributed by atoms with Crippen LogP contribution in [0.3, 0.4) is 0 Å². The molecular weight excluding hydrogens is 200 g/mol. The Labute approximate surface area is 86.5 Å². The van der Waals surface area contributed by atoms with Crippen LogP contribution in [0.1, 0.15) is 26.7 Å². The van der Waals surface area contributed by atoms with Crippen LogP contribution < -0.4 is 0 Å². The number of carbonyl (C=O) groups excluding carboxylic acids is 3. The van der Waals surface area contributed by atoms with E-state index < -0.39 is 34.7 Å². The molecule has 0 amide bonds. The second-order valence-corrected chi connectivity index (χ2v) is 4.20. The van der Waals surface area contributed by atoms with Gasteiger partial charge in [-0.3, -0.25) is 19.2 Å². The van der Waals surface area contributed by atoms with Gasteiger partial charge in [-0.25, -0.2) is 0 Å². The van der Waals surface area contributed by atoms with Crippen molar-refractivity contribution in [3.05, 3.63) is 0 Å². The van der Waals surface area contributed by atoms with Gasteiger partial charge in [0.25, 0.3) is 0 Å². The van der Waals surface area contributed by atoms with Crippen LogP contribution in [0.2, 0.25) is 0 Å². The summed E-state index contributed by atoms with van der Waals surface area (Å²) >= 11 is 0. The molecular formula is C10H12O5. The average Bonchev–Trinajstić information content (AvgIpc) is 2.00. The third-order valence-electron chi connectivity index (χ3n) is 2.70. The predicted molar refractivity (Wildman–Crippen MR) is 49.2 cm³/mol. The van der Waals surface area contributed by atoms with Crippen molar-refractivity contribution >= 4 is 23.3 Å². The Kier molecular flexibility index (Phi) is 2.75. The minimum atomic E-state index is -1.35. The third kappa shape index (κ3) is 1.95. The highest BCUT2D eigenvalue weighted by Gasteiger charge is 2.48. The number of hydrogen-bond donors (Lipinski definition) is 1. The molecule has 0 spiro atoms. The van der Waals surface area contributed by atoms with Crippen LogP contribution in [0.25, 0.3) is 0 Å². The van der Waals surface area contributed by atoms with Crippen molar-refractivity contribution in [2.24, 2.45) is 11.3 Å². The number of ketones is 3. The van der Waals surface area contributed by atoms with Crippen molar-refractivity contribution < 1.29 is 24.3 Å².